The van der Waals surface area contributed by atoms with Crippen LogP contribution in [-0.2, 0) is 11.4 Å². The van der Waals surface area contributed by atoms with Crippen LogP contribution in [0.2, 0.25) is 5.02 Å². The van der Waals surface area contributed by atoms with E-state index >= 15 is 0 Å². The van der Waals surface area contributed by atoms with Crippen molar-refractivity contribution in [3.05, 3.63) is 28.8 Å². The molecule has 0 spiro atoms. The molecule has 6 heteroatoms. The molecule has 0 aliphatic carbocycles. The first kappa shape index (κ1) is 13.4. The predicted molar refractivity (Wildman–Crippen MR) is 64.7 cm³/mol. The van der Waals surface area contributed by atoms with Gasteiger partial charge in [0.05, 0.1) is 6.21 Å². The van der Waals surface area contributed by atoms with E-state index in [-0.39, 0.29) is 5.02 Å². The molecule has 88 valence electrons. The van der Waals surface area contributed by atoms with Gasteiger partial charge < -0.3 is 4.55 Å². The summed E-state index contributed by atoms with van der Waals surface area (Å²) in [5.41, 5.74) is 0.367. The smallest absolute Gasteiger partial charge is 0.232 e. The number of nitrogens with zero attached hydrogens (tertiary/aromatic N) is 2. The van der Waals surface area contributed by atoms with Gasteiger partial charge in [-0.2, -0.15) is 4.39 Å². The Morgan fingerprint density at radius 2 is 2.19 bits per heavy atom. The van der Waals surface area contributed by atoms with Gasteiger partial charge in [-0.05, 0) is 26.8 Å². The summed E-state index contributed by atoms with van der Waals surface area (Å²) >= 11 is 4.28. The minimum absolute atomic E-state index is 0.114. The van der Waals surface area contributed by atoms with Crippen LogP contribution in [0, 0.1) is 5.95 Å². The normalized spacial score (nSPS) is 14.4. The third kappa shape index (κ3) is 3.43. The van der Waals surface area contributed by atoms with Crippen molar-refractivity contribution in [1.82, 2.24) is 4.98 Å². The average molecular weight is 263 g/mol. The van der Waals surface area contributed by atoms with Crippen LogP contribution in [0.15, 0.2) is 16.7 Å². The van der Waals surface area contributed by atoms with E-state index in [2.05, 4.69) is 9.38 Å². The molecule has 1 aromatic rings. The van der Waals surface area contributed by atoms with Gasteiger partial charge in [0.1, 0.15) is 21.1 Å². The van der Waals surface area contributed by atoms with Crippen LogP contribution in [0.25, 0.3) is 0 Å². The van der Waals surface area contributed by atoms with Gasteiger partial charge in [0.2, 0.25) is 5.95 Å². The standard InChI is InChI=1S/C10H12ClFN2OS/c1-10(2,3)16(15)14-6-7-4-5-13-9(12)8(7)11/h4-6H,1-3H3/t16-/m0/s1. The predicted octanol–water partition coefficient (Wildman–Crippen LogP) is 2.76. The van der Waals surface area contributed by atoms with Gasteiger partial charge >= 0.3 is 0 Å². The van der Waals surface area contributed by atoms with Crippen molar-refractivity contribution in [3.8, 4) is 0 Å². The second-order valence-corrected chi connectivity index (χ2v) is 6.41. The fourth-order valence-corrected chi connectivity index (χ4v) is 1.48. The van der Waals surface area contributed by atoms with Crippen molar-refractivity contribution >= 4 is 29.2 Å². The quantitative estimate of drug-likeness (QED) is 0.467. The summed E-state index contributed by atoms with van der Waals surface area (Å²) < 4.78 is 27.9. The van der Waals surface area contributed by atoms with Crippen molar-refractivity contribution in [2.75, 3.05) is 0 Å². The lowest BCUT2D eigenvalue weighted by atomic mass is 10.3. The summed E-state index contributed by atoms with van der Waals surface area (Å²) in [7, 11) is 0. The Labute approximate surface area is 102 Å². The van der Waals surface area contributed by atoms with Crippen LogP contribution >= 0.6 is 11.6 Å². The maximum Gasteiger partial charge on any atom is 0.232 e. The Hall–Kier alpha value is -0.650. The third-order valence-electron chi connectivity index (χ3n) is 1.69. The van der Waals surface area contributed by atoms with Gasteiger partial charge in [-0.3, -0.25) is 0 Å². The molecule has 0 saturated carbocycles. The van der Waals surface area contributed by atoms with Gasteiger partial charge in [-0.1, -0.05) is 16.0 Å². The molecule has 0 N–H and O–H groups in total. The molecule has 0 radical (unpaired) electrons. The van der Waals surface area contributed by atoms with Crippen LogP contribution in [0.4, 0.5) is 4.39 Å². The molecule has 1 aromatic heterocycles. The summed E-state index contributed by atoms with van der Waals surface area (Å²) in [5.74, 6) is -0.757. The summed E-state index contributed by atoms with van der Waals surface area (Å²) in [6, 6.07) is 1.51. The first-order valence-corrected chi connectivity index (χ1v) is 6.07. The first-order valence-electron chi connectivity index (χ1n) is 4.58. The number of rotatable bonds is 2. The van der Waals surface area contributed by atoms with E-state index in [0.717, 1.165) is 0 Å². The Bertz CT molecular complexity index is 406. The molecular weight excluding hydrogens is 251 g/mol. The van der Waals surface area contributed by atoms with Gasteiger partial charge in [0, 0.05) is 11.8 Å². The van der Waals surface area contributed by atoms with E-state index in [1.165, 1.54) is 18.5 Å². The van der Waals surface area contributed by atoms with Crippen molar-refractivity contribution in [3.63, 3.8) is 0 Å². The van der Waals surface area contributed by atoms with Crippen molar-refractivity contribution < 1.29 is 8.94 Å². The molecule has 0 amide bonds. The highest BCUT2D eigenvalue weighted by Crippen LogP contribution is 2.19. The maximum absolute atomic E-state index is 13.0. The van der Waals surface area contributed by atoms with Gasteiger partial charge in [-0.15, -0.1) is 0 Å². The highest BCUT2D eigenvalue weighted by molar-refractivity contribution is 7.91. The molecule has 0 fully saturated rings. The Kier molecular flexibility index (Phi) is 4.29. The molecule has 0 aromatic carbocycles. The van der Waals surface area contributed by atoms with Gasteiger partial charge in [0.15, 0.2) is 0 Å². The lowest BCUT2D eigenvalue weighted by molar-refractivity contribution is 0.561. The largest absolute Gasteiger partial charge is 0.591 e. The van der Waals surface area contributed by atoms with Crippen LogP contribution in [0.1, 0.15) is 26.3 Å². The molecule has 1 atom stereocenters. The number of hydrogen-bond donors (Lipinski definition) is 0. The van der Waals surface area contributed by atoms with Crippen LogP contribution < -0.4 is 0 Å². The zero-order valence-electron chi connectivity index (χ0n) is 9.20. The molecule has 3 nitrogen and oxygen atoms in total. The second kappa shape index (κ2) is 5.12. The SMILES string of the molecule is CC(C)(C)[S@+]([O-])N=Cc1ccnc(F)c1Cl. The second-order valence-electron chi connectivity index (χ2n) is 4.10. The number of aromatic nitrogens is 1. The summed E-state index contributed by atoms with van der Waals surface area (Å²) in [5, 5.41) is -0.114. The van der Waals surface area contributed by atoms with E-state index in [0.29, 0.717) is 5.56 Å². The zero-order chi connectivity index (χ0) is 12.3. The summed E-state index contributed by atoms with van der Waals surface area (Å²) in [6.07, 6.45) is 2.58. The first-order chi connectivity index (χ1) is 7.32. The molecule has 0 bridgehead atoms. The van der Waals surface area contributed by atoms with E-state index in [9.17, 15) is 8.94 Å². The third-order valence-corrected chi connectivity index (χ3v) is 3.41. The van der Waals surface area contributed by atoms with Crippen molar-refractivity contribution in [2.24, 2.45) is 4.40 Å². The Morgan fingerprint density at radius 3 is 2.75 bits per heavy atom. The molecule has 1 rings (SSSR count). The molecule has 0 saturated heterocycles. The number of pyridine rings is 1. The van der Waals surface area contributed by atoms with E-state index in [1.807, 2.05) is 0 Å². The van der Waals surface area contributed by atoms with E-state index < -0.39 is 22.1 Å². The van der Waals surface area contributed by atoms with Crippen LogP contribution in [0.3, 0.4) is 0 Å². The Morgan fingerprint density at radius 1 is 1.56 bits per heavy atom. The molecule has 0 unspecified atom stereocenters. The zero-order valence-corrected chi connectivity index (χ0v) is 10.8. The molecule has 0 aliphatic rings. The minimum Gasteiger partial charge on any atom is -0.591 e. The minimum atomic E-state index is -1.38. The number of hydrogen-bond acceptors (Lipinski definition) is 3. The fraction of sp³-hybridized carbons (Fsp3) is 0.400. The lowest BCUT2D eigenvalue weighted by Gasteiger charge is -2.17. The van der Waals surface area contributed by atoms with E-state index in [1.54, 1.807) is 20.8 Å². The average Bonchev–Trinajstić information content (AvgIpc) is 2.18. The molecular formula is C10H12ClFN2OS. The van der Waals surface area contributed by atoms with Crippen molar-refractivity contribution in [1.29, 1.82) is 0 Å². The van der Waals surface area contributed by atoms with Crippen LogP contribution in [-0.4, -0.2) is 20.5 Å². The Balaban J connectivity index is 2.89. The number of halogens is 2. The molecule has 1 heterocycles. The summed E-state index contributed by atoms with van der Waals surface area (Å²) in [6.45, 7) is 5.40. The lowest BCUT2D eigenvalue weighted by Crippen LogP contribution is -2.25. The highest BCUT2D eigenvalue weighted by Gasteiger charge is 2.25. The van der Waals surface area contributed by atoms with Crippen LogP contribution in [0.5, 0.6) is 0 Å². The van der Waals surface area contributed by atoms with E-state index in [4.69, 9.17) is 11.6 Å². The maximum atomic E-state index is 13.0. The molecule has 0 aliphatic heterocycles. The van der Waals surface area contributed by atoms with Crippen molar-refractivity contribution in [2.45, 2.75) is 25.5 Å². The monoisotopic (exact) mass is 262 g/mol. The summed E-state index contributed by atoms with van der Waals surface area (Å²) in [4.78, 5) is 3.38. The molecule has 16 heavy (non-hydrogen) atoms. The topological polar surface area (TPSA) is 48.3 Å². The van der Waals surface area contributed by atoms with Gasteiger partial charge in [-0.25, -0.2) is 4.98 Å². The highest BCUT2D eigenvalue weighted by atomic mass is 35.5. The fourth-order valence-electron chi connectivity index (χ4n) is 0.794. The van der Waals surface area contributed by atoms with Gasteiger partial charge in [0.25, 0.3) is 0 Å².